The van der Waals surface area contributed by atoms with Crippen LogP contribution in [-0.2, 0) is 6.61 Å². The molecule has 0 amide bonds. The molecule has 0 aliphatic rings. The molecule has 0 fully saturated rings. The highest BCUT2D eigenvalue weighted by Crippen LogP contribution is 2.21. The van der Waals surface area contributed by atoms with Crippen LogP contribution in [-0.4, -0.2) is 5.11 Å². The molecule has 0 spiro atoms. The van der Waals surface area contributed by atoms with Gasteiger partial charge in [0.25, 0.3) is 0 Å². The van der Waals surface area contributed by atoms with Crippen molar-refractivity contribution >= 4 is 5.69 Å². The van der Waals surface area contributed by atoms with Crippen LogP contribution in [0, 0.1) is 6.92 Å². The largest absolute Gasteiger partial charge is 0.506 e. The fourth-order valence-electron chi connectivity index (χ4n) is 1.48. The first-order chi connectivity index (χ1) is 8.15. The van der Waals surface area contributed by atoms with Crippen molar-refractivity contribution in [3.05, 3.63) is 53.6 Å². The van der Waals surface area contributed by atoms with Crippen molar-refractivity contribution in [1.29, 1.82) is 0 Å². The molecule has 0 unspecified atom stereocenters. The number of rotatable bonds is 3. The number of phenolic OH excluding ortho intramolecular Hbond substituents is 1. The van der Waals surface area contributed by atoms with E-state index in [1.165, 1.54) is 5.56 Å². The Morgan fingerprint density at radius 1 is 1.12 bits per heavy atom. The summed E-state index contributed by atoms with van der Waals surface area (Å²) in [5, 5.41) is 9.45. The van der Waals surface area contributed by atoms with Crippen molar-refractivity contribution in [1.82, 2.24) is 0 Å². The van der Waals surface area contributed by atoms with Gasteiger partial charge in [0.15, 0.2) is 0 Å². The summed E-state index contributed by atoms with van der Waals surface area (Å²) < 4.78 is 5.59. The molecule has 0 atom stereocenters. The van der Waals surface area contributed by atoms with Gasteiger partial charge in [-0.2, -0.15) is 0 Å². The molecule has 88 valence electrons. The van der Waals surface area contributed by atoms with Gasteiger partial charge in [-0.05, 0) is 36.8 Å². The minimum atomic E-state index is 0.0926. The highest BCUT2D eigenvalue weighted by molar-refractivity contribution is 5.52. The fraction of sp³-hybridized carbons (Fsp3) is 0.143. The van der Waals surface area contributed by atoms with Gasteiger partial charge in [0.1, 0.15) is 18.1 Å². The summed E-state index contributed by atoms with van der Waals surface area (Å²) in [7, 11) is 0. The molecule has 3 heteroatoms. The van der Waals surface area contributed by atoms with Crippen LogP contribution in [0.2, 0.25) is 0 Å². The van der Waals surface area contributed by atoms with Crippen molar-refractivity contribution < 1.29 is 9.84 Å². The minimum Gasteiger partial charge on any atom is -0.506 e. The Morgan fingerprint density at radius 2 is 1.82 bits per heavy atom. The van der Waals surface area contributed by atoms with E-state index in [1.54, 1.807) is 12.1 Å². The summed E-state index contributed by atoms with van der Waals surface area (Å²) in [6, 6.07) is 13.0. The zero-order chi connectivity index (χ0) is 12.3. The van der Waals surface area contributed by atoms with Crippen LogP contribution in [0.3, 0.4) is 0 Å². The zero-order valence-corrected chi connectivity index (χ0v) is 9.68. The van der Waals surface area contributed by atoms with E-state index >= 15 is 0 Å². The quantitative estimate of drug-likeness (QED) is 0.628. The first kappa shape index (κ1) is 11.3. The third-order valence-corrected chi connectivity index (χ3v) is 2.52. The van der Waals surface area contributed by atoms with Crippen LogP contribution in [0.1, 0.15) is 11.1 Å². The number of phenols is 1. The van der Waals surface area contributed by atoms with Gasteiger partial charge >= 0.3 is 0 Å². The number of aryl methyl sites for hydroxylation is 1. The number of hydrogen-bond donors (Lipinski definition) is 2. The van der Waals surface area contributed by atoms with E-state index in [0.717, 1.165) is 11.3 Å². The van der Waals surface area contributed by atoms with Crippen molar-refractivity contribution in [3.63, 3.8) is 0 Å². The molecule has 2 aromatic carbocycles. The molecule has 3 N–H and O–H groups in total. The maximum absolute atomic E-state index is 9.45. The van der Waals surface area contributed by atoms with E-state index in [0.29, 0.717) is 12.3 Å². The average Bonchev–Trinajstić information content (AvgIpc) is 2.33. The monoisotopic (exact) mass is 229 g/mol. The molecular formula is C14H15NO2. The molecule has 2 rings (SSSR count). The number of nitrogen functional groups attached to an aromatic ring is 1. The third-order valence-electron chi connectivity index (χ3n) is 2.52. The summed E-state index contributed by atoms with van der Waals surface area (Å²) in [4.78, 5) is 0. The Kier molecular flexibility index (Phi) is 3.19. The van der Waals surface area contributed by atoms with E-state index in [1.807, 2.05) is 37.3 Å². The summed E-state index contributed by atoms with van der Waals surface area (Å²) in [5.41, 5.74) is 7.98. The molecule has 0 aliphatic carbocycles. The number of benzene rings is 2. The molecule has 17 heavy (non-hydrogen) atoms. The predicted molar refractivity (Wildman–Crippen MR) is 68.0 cm³/mol. The highest BCUT2D eigenvalue weighted by Gasteiger charge is 2.00. The Hall–Kier alpha value is -2.16. The summed E-state index contributed by atoms with van der Waals surface area (Å²) in [6.45, 7) is 2.44. The molecule has 3 nitrogen and oxygen atoms in total. The van der Waals surface area contributed by atoms with Crippen LogP contribution in [0.25, 0.3) is 0 Å². The number of ether oxygens (including phenoxy) is 1. The normalized spacial score (nSPS) is 10.2. The van der Waals surface area contributed by atoms with E-state index in [4.69, 9.17) is 10.5 Å². The Labute approximate surface area is 100 Å². The van der Waals surface area contributed by atoms with Gasteiger partial charge in [0.2, 0.25) is 0 Å². The van der Waals surface area contributed by atoms with Crippen molar-refractivity contribution in [2.75, 3.05) is 5.73 Å². The maximum atomic E-state index is 9.45. The zero-order valence-electron chi connectivity index (χ0n) is 9.68. The maximum Gasteiger partial charge on any atom is 0.138 e. The van der Waals surface area contributed by atoms with Gasteiger partial charge in [-0.15, -0.1) is 0 Å². The Bertz CT molecular complexity index is 506. The summed E-state index contributed by atoms with van der Waals surface area (Å²) >= 11 is 0. The molecule has 0 aromatic heterocycles. The fourth-order valence-corrected chi connectivity index (χ4v) is 1.48. The smallest absolute Gasteiger partial charge is 0.138 e. The van der Waals surface area contributed by atoms with Crippen molar-refractivity contribution in [2.45, 2.75) is 13.5 Å². The van der Waals surface area contributed by atoms with E-state index in [2.05, 4.69) is 0 Å². The third kappa shape index (κ3) is 2.91. The van der Waals surface area contributed by atoms with Crippen LogP contribution in [0.4, 0.5) is 5.69 Å². The molecule has 0 bridgehead atoms. The number of nitrogens with two attached hydrogens (primary N) is 1. The number of anilines is 1. The SMILES string of the molecule is Cc1ccc(OCc2ccc(N)c(O)c2)cc1. The highest BCUT2D eigenvalue weighted by atomic mass is 16.5. The lowest BCUT2D eigenvalue weighted by molar-refractivity contribution is 0.305. The Balaban J connectivity index is 2.02. The van der Waals surface area contributed by atoms with E-state index < -0.39 is 0 Å². The average molecular weight is 229 g/mol. The topological polar surface area (TPSA) is 55.5 Å². The van der Waals surface area contributed by atoms with Crippen molar-refractivity contribution in [3.8, 4) is 11.5 Å². The van der Waals surface area contributed by atoms with Gasteiger partial charge in [0.05, 0.1) is 5.69 Å². The molecule has 0 saturated carbocycles. The Morgan fingerprint density at radius 3 is 2.47 bits per heavy atom. The van der Waals surface area contributed by atoms with Gasteiger partial charge in [-0.3, -0.25) is 0 Å². The summed E-state index contributed by atoms with van der Waals surface area (Å²) in [6.07, 6.45) is 0. The van der Waals surface area contributed by atoms with Gasteiger partial charge in [-0.1, -0.05) is 23.8 Å². The summed E-state index contributed by atoms with van der Waals surface area (Å²) in [5.74, 6) is 0.905. The van der Waals surface area contributed by atoms with Crippen LogP contribution in [0.5, 0.6) is 11.5 Å². The predicted octanol–water partition coefficient (Wildman–Crippen LogP) is 2.86. The van der Waals surface area contributed by atoms with Gasteiger partial charge in [-0.25, -0.2) is 0 Å². The molecule has 0 aliphatic heterocycles. The van der Waals surface area contributed by atoms with Crippen LogP contribution >= 0.6 is 0 Å². The second kappa shape index (κ2) is 4.78. The van der Waals surface area contributed by atoms with E-state index in [-0.39, 0.29) is 5.75 Å². The second-order valence-corrected chi connectivity index (χ2v) is 3.99. The van der Waals surface area contributed by atoms with Crippen LogP contribution < -0.4 is 10.5 Å². The number of aromatic hydroxyl groups is 1. The van der Waals surface area contributed by atoms with Gasteiger partial charge < -0.3 is 15.6 Å². The molecule has 0 radical (unpaired) electrons. The minimum absolute atomic E-state index is 0.0926. The molecule has 0 heterocycles. The van der Waals surface area contributed by atoms with Gasteiger partial charge in [0, 0.05) is 0 Å². The lowest BCUT2D eigenvalue weighted by atomic mass is 10.2. The lowest BCUT2D eigenvalue weighted by Gasteiger charge is -2.07. The van der Waals surface area contributed by atoms with Crippen LogP contribution in [0.15, 0.2) is 42.5 Å². The second-order valence-electron chi connectivity index (χ2n) is 3.99. The molecule has 0 saturated heterocycles. The number of hydrogen-bond acceptors (Lipinski definition) is 3. The standard InChI is InChI=1S/C14H15NO2/c1-10-2-5-12(6-3-10)17-9-11-4-7-13(15)14(16)8-11/h2-8,16H,9,15H2,1H3. The lowest BCUT2D eigenvalue weighted by Crippen LogP contribution is -1.96. The first-order valence-corrected chi connectivity index (χ1v) is 5.42. The molecule has 2 aromatic rings. The first-order valence-electron chi connectivity index (χ1n) is 5.42. The molecular weight excluding hydrogens is 214 g/mol. The van der Waals surface area contributed by atoms with E-state index in [9.17, 15) is 5.11 Å². The van der Waals surface area contributed by atoms with Crippen molar-refractivity contribution in [2.24, 2.45) is 0 Å².